The average Bonchev–Trinajstić information content (AvgIpc) is 3.36. The van der Waals surface area contributed by atoms with Gasteiger partial charge in [0.25, 0.3) is 11.8 Å². The normalized spacial score (nSPS) is 10.9. The number of nitrogens with one attached hydrogen (secondary N) is 2. The fraction of sp³-hybridized carbons (Fsp3) is 0.0833. The van der Waals surface area contributed by atoms with Crippen LogP contribution in [0.5, 0.6) is 11.5 Å². The molecular weight excluding hydrogens is 506 g/mol. The SMILES string of the molecule is COc1ccccc1C(=O)NCC(=O)N/N=C\c1cc(Br)ccc1OC(=O)/C=C/c1ccco1. The van der Waals surface area contributed by atoms with Crippen molar-refractivity contribution in [1.82, 2.24) is 10.7 Å². The summed E-state index contributed by atoms with van der Waals surface area (Å²) in [5.41, 5.74) is 3.06. The van der Waals surface area contributed by atoms with E-state index in [9.17, 15) is 14.4 Å². The van der Waals surface area contributed by atoms with E-state index in [1.54, 1.807) is 54.6 Å². The van der Waals surface area contributed by atoms with Crippen molar-refractivity contribution in [3.05, 3.63) is 88.3 Å². The number of halogens is 1. The first-order valence-electron chi connectivity index (χ1n) is 9.92. The predicted octanol–water partition coefficient (Wildman–Crippen LogP) is 3.55. The number of nitrogens with zero attached hydrogens (tertiary/aromatic N) is 1. The van der Waals surface area contributed by atoms with Gasteiger partial charge in [-0.15, -0.1) is 0 Å². The number of carbonyl (C=O) groups excluding carboxylic acids is 3. The van der Waals surface area contributed by atoms with Crippen molar-refractivity contribution in [1.29, 1.82) is 0 Å². The fourth-order valence-corrected chi connectivity index (χ4v) is 3.07. The zero-order chi connectivity index (χ0) is 24.3. The molecule has 0 saturated heterocycles. The maximum Gasteiger partial charge on any atom is 0.336 e. The molecule has 10 heteroatoms. The molecule has 0 aliphatic carbocycles. The highest BCUT2D eigenvalue weighted by Crippen LogP contribution is 2.22. The second-order valence-corrected chi connectivity index (χ2v) is 7.54. The Hall–Kier alpha value is -4.18. The molecule has 0 fully saturated rings. The molecule has 174 valence electrons. The van der Waals surface area contributed by atoms with Gasteiger partial charge in [-0.1, -0.05) is 28.1 Å². The molecule has 34 heavy (non-hydrogen) atoms. The molecule has 1 aromatic heterocycles. The molecule has 0 bridgehead atoms. The standard InChI is InChI=1S/C24H20BrN3O6/c1-32-21-7-3-2-6-19(21)24(31)26-15-22(29)28-27-14-16-13-17(25)8-10-20(16)34-23(30)11-9-18-5-4-12-33-18/h2-14H,15H2,1H3,(H,26,31)(H,28,29)/b11-9+,27-14-. The molecule has 0 atom stereocenters. The number of hydrogen-bond acceptors (Lipinski definition) is 7. The average molecular weight is 526 g/mol. The van der Waals surface area contributed by atoms with Crippen molar-refractivity contribution in [3.63, 3.8) is 0 Å². The lowest BCUT2D eigenvalue weighted by Gasteiger charge is -2.08. The lowest BCUT2D eigenvalue weighted by molar-refractivity contribution is -0.129. The van der Waals surface area contributed by atoms with Crippen LogP contribution in [-0.4, -0.2) is 37.7 Å². The Morgan fingerprint density at radius 2 is 1.91 bits per heavy atom. The first kappa shape index (κ1) is 24.5. The van der Waals surface area contributed by atoms with E-state index in [1.807, 2.05) is 0 Å². The van der Waals surface area contributed by atoms with Gasteiger partial charge in [-0.2, -0.15) is 5.10 Å². The minimum atomic E-state index is -0.614. The molecule has 2 amide bonds. The van der Waals surface area contributed by atoms with E-state index >= 15 is 0 Å². The Morgan fingerprint density at radius 1 is 1.09 bits per heavy atom. The van der Waals surface area contributed by atoms with Crippen LogP contribution in [0.1, 0.15) is 21.7 Å². The lowest BCUT2D eigenvalue weighted by Crippen LogP contribution is -2.35. The second kappa shape index (κ2) is 12.2. The number of amides is 2. The molecule has 0 saturated carbocycles. The van der Waals surface area contributed by atoms with Crippen molar-refractivity contribution >= 4 is 46.0 Å². The molecule has 3 aromatic rings. The number of methoxy groups -OCH3 is 1. The third kappa shape index (κ3) is 7.17. The lowest BCUT2D eigenvalue weighted by atomic mass is 10.2. The quantitative estimate of drug-likeness (QED) is 0.145. The molecule has 0 radical (unpaired) electrons. The maximum atomic E-state index is 12.3. The Kier molecular flexibility index (Phi) is 8.75. The van der Waals surface area contributed by atoms with Crippen LogP contribution in [0.4, 0.5) is 0 Å². The Balaban J connectivity index is 1.56. The van der Waals surface area contributed by atoms with E-state index in [0.29, 0.717) is 22.6 Å². The van der Waals surface area contributed by atoms with Gasteiger partial charge in [0.05, 0.1) is 31.7 Å². The van der Waals surface area contributed by atoms with E-state index in [-0.39, 0.29) is 12.3 Å². The number of hydrazone groups is 1. The number of rotatable bonds is 9. The number of furan rings is 1. The van der Waals surface area contributed by atoms with E-state index in [2.05, 4.69) is 31.8 Å². The van der Waals surface area contributed by atoms with Gasteiger partial charge in [-0.05, 0) is 48.5 Å². The van der Waals surface area contributed by atoms with Crippen molar-refractivity contribution in [2.24, 2.45) is 5.10 Å². The summed E-state index contributed by atoms with van der Waals surface area (Å²) in [5, 5.41) is 6.37. The Bertz CT molecular complexity index is 1220. The zero-order valence-electron chi connectivity index (χ0n) is 18.0. The monoisotopic (exact) mass is 525 g/mol. The summed E-state index contributed by atoms with van der Waals surface area (Å²) in [6.45, 7) is -0.299. The molecule has 0 aliphatic rings. The van der Waals surface area contributed by atoms with Gasteiger partial charge in [0, 0.05) is 16.1 Å². The van der Waals surface area contributed by atoms with Crippen LogP contribution in [0.2, 0.25) is 0 Å². The van der Waals surface area contributed by atoms with E-state index in [1.165, 1.54) is 31.7 Å². The molecule has 0 aliphatic heterocycles. The minimum absolute atomic E-state index is 0.236. The van der Waals surface area contributed by atoms with Gasteiger partial charge in [0.1, 0.15) is 17.3 Å². The summed E-state index contributed by atoms with van der Waals surface area (Å²) >= 11 is 3.34. The first-order chi connectivity index (χ1) is 16.5. The number of benzene rings is 2. The van der Waals surface area contributed by atoms with Crippen LogP contribution in [0.25, 0.3) is 6.08 Å². The maximum absolute atomic E-state index is 12.3. The van der Waals surface area contributed by atoms with Crippen LogP contribution >= 0.6 is 15.9 Å². The van der Waals surface area contributed by atoms with E-state index in [0.717, 1.165) is 4.47 Å². The van der Waals surface area contributed by atoms with Gasteiger partial charge < -0.3 is 19.2 Å². The Labute approximate surface area is 203 Å². The predicted molar refractivity (Wildman–Crippen MR) is 129 cm³/mol. The highest BCUT2D eigenvalue weighted by Gasteiger charge is 2.12. The van der Waals surface area contributed by atoms with Crippen LogP contribution < -0.4 is 20.2 Å². The van der Waals surface area contributed by atoms with E-state index in [4.69, 9.17) is 13.9 Å². The number of carbonyl (C=O) groups is 3. The third-order valence-electron chi connectivity index (χ3n) is 4.26. The molecular formula is C24H20BrN3O6. The van der Waals surface area contributed by atoms with Crippen molar-refractivity contribution in [3.8, 4) is 11.5 Å². The first-order valence-corrected chi connectivity index (χ1v) is 10.7. The molecule has 0 unspecified atom stereocenters. The van der Waals surface area contributed by atoms with Crippen LogP contribution in [0, 0.1) is 0 Å². The molecule has 9 nitrogen and oxygen atoms in total. The fourth-order valence-electron chi connectivity index (χ4n) is 2.69. The molecule has 3 rings (SSSR count). The van der Waals surface area contributed by atoms with Crippen molar-refractivity contribution in [2.75, 3.05) is 13.7 Å². The second-order valence-electron chi connectivity index (χ2n) is 6.63. The van der Waals surface area contributed by atoms with Crippen molar-refractivity contribution < 1.29 is 28.3 Å². The van der Waals surface area contributed by atoms with Crippen molar-refractivity contribution in [2.45, 2.75) is 0 Å². The minimum Gasteiger partial charge on any atom is -0.496 e. The molecule has 0 spiro atoms. The smallest absolute Gasteiger partial charge is 0.336 e. The number of esters is 1. The Morgan fingerprint density at radius 3 is 2.68 bits per heavy atom. The van der Waals surface area contributed by atoms with Gasteiger partial charge >= 0.3 is 5.97 Å². The van der Waals surface area contributed by atoms with Gasteiger partial charge in [-0.25, -0.2) is 10.2 Å². The third-order valence-corrected chi connectivity index (χ3v) is 4.76. The summed E-state index contributed by atoms with van der Waals surface area (Å²) in [6, 6.07) is 15.0. The molecule has 2 N–H and O–H groups in total. The summed E-state index contributed by atoms with van der Waals surface area (Å²) in [6.07, 6.45) is 5.53. The van der Waals surface area contributed by atoms with Crippen LogP contribution in [0.3, 0.4) is 0 Å². The van der Waals surface area contributed by atoms with Gasteiger partial charge in [0.15, 0.2) is 0 Å². The van der Waals surface area contributed by atoms with E-state index < -0.39 is 17.8 Å². The van der Waals surface area contributed by atoms with Gasteiger partial charge in [-0.3, -0.25) is 9.59 Å². The van der Waals surface area contributed by atoms with Gasteiger partial charge in [0.2, 0.25) is 0 Å². The molecule has 1 heterocycles. The summed E-state index contributed by atoms with van der Waals surface area (Å²) < 4.78 is 16.3. The molecule has 2 aromatic carbocycles. The highest BCUT2D eigenvalue weighted by molar-refractivity contribution is 9.10. The number of ether oxygens (including phenoxy) is 2. The highest BCUT2D eigenvalue weighted by atomic mass is 79.9. The van der Waals surface area contributed by atoms with Crippen LogP contribution in [0.15, 0.2) is 80.9 Å². The van der Waals surface area contributed by atoms with Crippen LogP contribution in [-0.2, 0) is 9.59 Å². The topological polar surface area (TPSA) is 119 Å². The largest absolute Gasteiger partial charge is 0.496 e. The summed E-state index contributed by atoms with van der Waals surface area (Å²) in [4.78, 5) is 36.4. The zero-order valence-corrected chi connectivity index (χ0v) is 19.6. The number of hydrogen-bond donors (Lipinski definition) is 2. The number of para-hydroxylation sites is 1. The summed E-state index contributed by atoms with van der Waals surface area (Å²) in [5.74, 6) is -0.477. The summed E-state index contributed by atoms with van der Waals surface area (Å²) in [7, 11) is 1.45.